The van der Waals surface area contributed by atoms with Crippen molar-refractivity contribution < 1.29 is 50.7 Å². The zero-order chi connectivity index (χ0) is 26.7. The van der Waals surface area contributed by atoms with Crippen LogP contribution in [0.5, 0.6) is 0 Å². The fourth-order valence-corrected chi connectivity index (χ4v) is 12.6. The molecule has 0 fully saturated rings. The van der Waals surface area contributed by atoms with Crippen molar-refractivity contribution in [2.75, 3.05) is 12.3 Å². The summed E-state index contributed by atoms with van der Waals surface area (Å²) < 4.78 is 0. The molecular formula is C34H48Cl2HfP2. The fraction of sp³-hybridized carbons (Fsp3) is 0.471. The van der Waals surface area contributed by atoms with Crippen LogP contribution in [-0.2, 0) is 25.8 Å². The molecule has 0 saturated heterocycles. The van der Waals surface area contributed by atoms with E-state index in [-0.39, 0.29) is 66.5 Å². The van der Waals surface area contributed by atoms with E-state index in [0.717, 1.165) is 11.8 Å². The van der Waals surface area contributed by atoms with Crippen LogP contribution in [-0.4, -0.2) is 22.6 Å². The molecule has 0 saturated carbocycles. The first-order valence-corrected chi connectivity index (χ1v) is 16.7. The molecular weight excluding hydrogens is 720 g/mol. The molecule has 0 N–H and O–H groups in total. The van der Waals surface area contributed by atoms with Gasteiger partial charge in [0.25, 0.3) is 0 Å². The van der Waals surface area contributed by atoms with Gasteiger partial charge in [-0.3, -0.25) is 0 Å². The molecule has 39 heavy (non-hydrogen) atoms. The number of fused-ring (bicyclic) bond motifs is 2. The van der Waals surface area contributed by atoms with Gasteiger partial charge in [0, 0.05) is 0 Å². The van der Waals surface area contributed by atoms with E-state index < -0.39 is 0 Å². The van der Waals surface area contributed by atoms with E-state index in [0.29, 0.717) is 10.3 Å². The first kappa shape index (κ1) is 39.0. The van der Waals surface area contributed by atoms with E-state index in [1.165, 1.54) is 33.9 Å². The molecule has 0 aliphatic rings. The summed E-state index contributed by atoms with van der Waals surface area (Å²) in [6.45, 7) is 23.6. The Bertz CT molecular complexity index is 1150. The van der Waals surface area contributed by atoms with E-state index in [4.69, 9.17) is 0 Å². The standard InChI is InChI=1S/2C17H24P.2ClH.Hf/c1-16(2,3)18(17(4,5)6)15-11-13-9-7-8-10-14(13)12-15;1-13(2)11-18(12-14(3)4)17-9-15-7-5-6-8-16(15)10-17;;;/h7-12H,1-6H3;5-10,13-14H,11-12H2,1-4H3;2*1H;/q2*-1;;;+4/p-2. The van der Waals surface area contributed by atoms with Crippen LogP contribution >= 0.6 is 15.8 Å². The number of hydrogen-bond donors (Lipinski definition) is 0. The van der Waals surface area contributed by atoms with Crippen molar-refractivity contribution in [2.24, 2.45) is 11.8 Å². The Kier molecular flexibility index (Phi) is 16.6. The SMILES string of the molecule is CC(C)(C)P(c1cc2ccccc2[cH-]1)C(C)(C)C.CC(C)CP(CC(C)C)c1cc2ccccc2[cH-]1.[Cl-].[Cl-].[Hf+4]. The van der Waals surface area contributed by atoms with Gasteiger partial charge in [0.15, 0.2) is 0 Å². The summed E-state index contributed by atoms with van der Waals surface area (Å²) in [5, 5.41) is 9.43. The molecule has 0 atom stereocenters. The number of rotatable bonds is 6. The maximum absolute atomic E-state index is 2.42. The zero-order valence-electron chi connectivity index (χ0n) is 25.6. The van der Waals surface area contributed by atoms with Crippen molar-refractivity contribution >= 4 is 48.0 Å². The first-order valence-electron chi connectivity index (χ1n) is 13.6. The number of hydrogen-bond acceptors (Lipinski definition) is 0. The van der Waals surface area contributed by atoms with Gasteiger partial charge in [-0.25, -0.2) is 0 Å². The predicted octanol–water partition coefficient (Wildman–Crippen LogP) is 4.25. The largest absolute Gasteiger partial charge is 4.00 e. The summed E-state index contributed by atoms with van der Waals surface area (Å²) in [5.74, 6) is 1.60. The average molecular weight is 768 g/mol. The molecule has 0 bridgehead atoms. The Hall–Kier alpha value is -0.0299. The summed E-state index contributed by atoms with van der Waals surface area (Å²) in [6.07, 6.45) is 2.73. The van der Waals surface area contributed by atoms with Gasteiger partial charge < -0.3 is 24.8 Å². The number of halogens is 2. The topological polar surface area (TPSA) is 0 Å². The molecule has 0 heterocycles. The molecule has 0 unspecified atom stereocenters. The van der Waals surface area contributed by atoms with Gasteiger partial charge >= 0.3 is 25.8 Å². The second-order valence-electron chi connectivity index (χ2n) is 13.1. The maximum Gasteiger partial charge on any atom is 4.00 e. The molecule has 0 nitrogen and oxygen atoms in total. The van der Waals surface area contributed by atoms with Crippen molar-refractivity contribution in [3.63, 3.8) is 0 Å². The van der Waals surface area contributed by atoms with Gasteiger partial charge in [0.2, 0.25) is 0 Å². The number of benzene rings is 2. The molecule has 0 spiro atoms. The van der Waals surface area contributed by atoms with E-state index in [9.17, 15) is 0 Å². The van der Waals surface area contributed by atoms with E-state index in [2.05, 4.69) is 142 Å². The molecule has 0 amide bonds. The van der Waals surface area contributed by atoms with Crippen molar-refractivity contribution in [1.82, 2.24) is 0 Å². The van der Waals surface area contributed by atoms with Gasteiger partial charge in [-0.05, 0) is 34.5 Å². The van der Waals surface area contributed by atoms with Crippen molar-refractivity contribution in [2.45, 2.75) is 79.5 Å². The maximum atomic E-state index is 2.42. The van der Waals surface area contributed by atoms with E-state index in [1.54, 1.807) is 10.6 Å². The third kappa shape index (κ3) is 11.3. The Morgan fingerprint density at radius 3 is 1.33 bits per heavy atom. The molecule has 0 aliphatic heterocycles. The van der Waals surface area contributed by atoms with Crippen LogP contribution in [0.2, 0.25) is 0 Å². The minimum Gasteiger partial charge on any atom is -1.00 e. The van der Waals surface area contributed by atoms with Gasteiger partial charge in [-0.2, -0.15) is 12.1 Å². The summed E-state index contributed by atoms with van der Waals surface area (Å²) in [7, 11) is -0.166. The van der Waals surface area contributed by atoms with Crippen molar-refractivity contribution in [1.29, 1.82) is 0 Å². The fourth-order valence-electron chi connectivity index (χ4n) is 5.53. The van der Waals surface area contributed by atoms with Gasteiger partial charge in [0.1, 0.15) is 0 Å². The molecule has 4 rings (SSSR count). The van der Waals surface area contributed by atoms with Crippen LogP contribution in [0.3, 0.4) is 0 Å². The third-order valence-corrected chi connectivity index (χ3v) is 13.1. The van der Waals surface area contributed by atoms with Crippen LogP contribution < -0.4 is 35.4 Å². The molecule has 0 radical (unpaired) electrons. The second kappa shape index (κ2) is 16.6. The summed E-state index contributed by atoms with van der Waals surface area (Å²) >= 11 is 0. The van der Waals surface area contributed by atoms with Crippen molar-refractivity contribution in [3.8, 4) is 0 Å². The van der Waals surface area contributed by atoms with Crippen LogP contribution in [0, 0.1) is 11.8 Å². The monoisotopic (exact) mass is 768 g/mol. The first-order chi connectivity index (χ1) is 16.8. The van der Waals surface area contributed by atoms with Gasteiger partial charge in [0.05, 0.1) is 0 Å². The Balaban J connectivity index is 0.000000688. The minimum absolute atomic E-state index is 0. The predicted molar refractivity (Wildman–Crippen MR) is 171 cm³/mol. The minimum atomic E-state index is -0.185. The molecule has 0 aliphatic carbocycles. The smallest absolute Gasteiger partial charge is 1.00 e. The Morgan fingerprint density at radius 1 is 0.615 bits per heavy atom. The molecule has 5 heteroatoms. The van der Waals surface area contributed by atoms with E-state index in [1.807, 2.05) is 0 Å². The van der Waals surface area contributed by atoms with Crippen molar-refractivity contribution in [3.05, 3.63) is 72.8 Å². The second-order valence-corrected chi connectivity index (χ2v) is 19.3. The van der Waals surface area contributed by atoms with Crippen LogP contribution in [0.25, 0.3) is 21.5 Å². The average Bonchev–Trinajstić information content (AvgIpc) is 3.34. The van der Waals surface area contributed by atoms with Gasteiger partial charge in [-0.15, -0.1) is 80.7 Å². The molecule has 4 aromatic carbocycles. The summed E-state index contributed by atoms with van der Waals surface area (Å²) in [6, 6.07) is 27.1. The summed E-state index contributed by atoms with van der Waals surface area (Å²) in [5.41, 5.74) is 0. The van der Waals surface area contributed by atoms with Crippen LogP contribution in [0.15, 0.2) is 72.8 Å². The van der Waals surface area contributed by atoms with Crippen LogP contribution in [0.1, 0.15) is 69.2 Å². The van der Waals surface area contributed by atoms with Gasteiger partial charge in [-0.1, -0.05) is 97.2 Å². The zero-order valence-corrected chi connectivity index (χ0v) is 32.5. The molecule has 4 aromatic rings. The summed E-state index contributed by atoms with van der Waals surface area (Å²) in [4.78, 5) is 0. The quantitative estimate of drug-likeness (QED) is 0.157. The Morgan fingerprint density at radius 2 is 0.974 bits per heavy atom. The molecule has 0 aromatic heterocycles. The molecule has 212 valence electrons. The normalized spacial score (nSPS) is 11.8. The van der Waals surface area contributed by atoms with Crippen LogP contribution in [0.4, 0.5) is 0 Å². The third-order valence-electron chi connectivity index (χ3n) is 6.34. The Labute approximate surface area is 273 Å². The van der Waals surface area contributed by atoms with E-state index >= 15 is 0 Å².